The lowest BCUT2D eigenvalue weighted by atomic mass is 10.4. The van der Waals surface area contributed by atoms with Gasteiger partial charge >= 0.3 is 0 Å². The van der Waals surface area contributed by atoms with E-state index in [1.165, 1.54) is 4.31 Å². The standard InChI is InChI=1S/C10H14ClN3O4S2/c1-12-3-2-4-13(6-5-12)20(17,18)9-7-8(14(15)16)10(11)19-9/h7H,2-6H2,1H3. The highest BCUT2D eigenvalue weighted by atomic mass is 35.5. The molecule has 0 aromatic carbocycles. The van der Waals surface area contributed by atoms with Gasteiger partial charge in [0.25, 0.3) is 15.7 Å². The first kappa shape index (κ1) is 15.6. The minimum absolute atomic E-state index is 0.0706. The summed E-state index contributed by atoms with van der Waals surface area (Å²) in [7, 11) is -1.77. The molecule has 0 radical (unpaired) electrons. The maximum Gasteiger partial charge on any atom is 0.300 e. The first-order chi connectivity index (χ1) is 9.32. The van der Waals surface area contributed by atoms with Gasteiger partial charge in [-0.2, -0.15) is 4.31 Å². The van der Waals surface area contributed by atoms with Crippen LogP contribution in [0.5, 0.6) is 0 Å². The molecule has 10 heteroatoms. The van der Waals surface area contributed by atoms with Crippen molar-refractivity contribution in [1.29, 1.82) is 0 Å². The summed E-state index contributed by atoms with van der Waals surface area (Å²) >= 11 is 6.46. The lowest BCUT2D eigenvalue weighted by molar-refractivity contribution is -0.384. The van der Waals surface area contributed by atoms with Gasteiger partial charge in [-0.05, 0) is 20.0 Å². The molecule has 0 amide bonds. The zero-order valence-corrected chi connectivity index (χ0v) is 13.2. The zero-order valence-electron chi connectivity index (χ0n) is 10.8. The monoisotopic (exact) mass is 339 g/mol. The predicted octanol–water partition coefficient (Wildman–Crippen LogP) is 1.64. The van der Waals surface area contributed by atoms with Gasteiger partial charge in [0.15, 0.2) is 4.34 Å². The molecule has 2 rings (SSSR count). The van der Waals surface area contributed by atoms with Crippen molar-refractivity contribution in [2.75, 3.05) is 33.2 Å². The van der Waals surface area contributed by atoms with E-state index < -0.39 is 14.9 Å². The van der Waals surface area contributed by atoms with Crippen molar-refractivity contribution in [2.45, 2.75) is 10.6 Å². The molecule has 1 saturated heterocycles. The van der Waals surface area contributed by atoms with Crippen LogP contribution in [-0.4, -0.2) is 55.8 Å². The van der Waals surface area contributed by atoms with Crippen LogP contribution in [0.4, 0.5) is 5.69 Å². The maximum absolute atomic E-state index is 12.5. The third kappa shape index (κ3) is 3.12. The van der Waals surface area contributed by atoms with Crippen molar-refractivity contribution in [2.24, 2.45) is 0 Å². The summed E-state index contributed by atoms with van der Waals surface area (Å²) in [4.78, 5) is 12.1. The van der Waals surface area contributed by atoms with Gasteiger partial charge in [0.1, 0.15) is 4.21 Å². The van der Waals surface area contributed by atoms with E-state index >= 15 is 0 Å². The van der Waals surface area contributed by atoms with Crippen molar-refractivity contribution in [3.05, 3.63) is 20.5 Å². The van der Waals surface area contributed by atoms with E-state index in [1.807, 2.05) is 7.05 Å². The van der Waals surface area contributed by atoms with Crippen LogP contribution in [0.25, 0.3) is 0 Å². The molecule has 0 bridgehead atoms. The van der Waals surface area contributed by atoms with Gasteiger partial charge in [0.2, 0.25) is 0 Å². The number of likely N-dealkylation sites (N-methyl/N-ethyl adjacent to an activating group) is 1. The molecule has 0 aliphatic carbocycles. The summed E-state index contributed by atoms with van der Waals surface area (Å²) < 4.78 is 26.1. The van der Waals surface area contributed by atoms with E-state index in [0.717, 1.165) is 30.4 Å². The highest BCUT2D eigenvalue weighted by molar-refractivity contribution is 7.91. The molecular weight excluding hydrogens is 326 g/mol. The normalized spacial score (nSPS) is 18.9. The largest absolute Gasteiger partial charge is 0.305 e. The average Bonchev–Trinajstić information content (AvgIpc) is 2.62. The van der Waals surface area contributed by atoms with Gasteiger partial charge in [-0.3, -0.25) is 10.1 Å². The second-order valence-electron chi connectivity index (χ2n) is 4.54. The SMILES string of the molecule is CN1CCCN(S(=O)(=O)c2cc([N+](=O)[O-])c(Cl)s2)CC1. The minimum atomic E-state index is -3.71. The molecule has 20 heavy (non-hydrogen) atoms. The summed E-state index contributed by atoms with van der Waals surface area (Å²) in [5.41, 5.74) is -0.359. The number of nitro groups is 1. The molecule has 0 unspecified atom stereocenters. The van der Waals surface area contributed by atoms with E-state index in [-0.39, 0.29) is 14.2 Å². The van der Waals surface area contributed by atoms with Gasteiger partial charge in [-0.15, -0.1) is 11.3 Å². The zero-order chi connectivity index (χ0) is 14.9. The molecule has 1 aliphatic rings. The topological polar surface area (TPSA) is 83.8 Å². The first-order valence-electron chi connectivity index (χ1n) is 5.95. The highest BCUT2D eigenvalue weighted by Crippen LogP contribution is 2.37. The van der Waals surface area contributed by atoms with E-state index in [1.54, 1.807) is 0 Å². The summed E-state index contributed by atoms with van der Waals surface area (Å²) in [6.45, 7) is 2.26. The number of nitrogens with zero attached hydrogens (tertiary/aromatic N) is 3. The average molecular weight is 340 g/mol. The molecule has 0 spiro atoms. The number of hydrogen-bond donors (Lipinski definition) is 0. The van der Waals surface area contributed by atoms with Crippen LogP contribution in [0.15, 0.2) is 10.3 Å². The molecule has 2 heterocycles. The Morgan fingerprint density at radius 2 is 2.05 bits per heavy atom. The van der Waals surface area contributed by atoms with Gasteiger partial charge < -0.3 is 4.90 Å². The summed E-state index contributed by atoms with van der Waals surface area (Å²) in [6.07, 6.45) is 0.733. The first-order valence-corrected chi connectivity index (χ1v) is 8.58. The Bertz CT molecular complexity index is 616. The van der Waals surface area contributed by atoms with Crippen LogP contribution < -0.4 is 0 Å². The molecule has 0 saturated carbocycles. The molecule has 112 valence electrons. The third-order valence-electron chi connectivity index (χ3n) is 3.12. The van der Waals surface area contributed by atoms with E-state index in [0.29, 0.717) is 19.6 Å². The van der Waals surface area contributed by atoms with Gasteiger partial charge in [-0.1, -0.05) is 11.6 Å². The third-order valence-corrected chi connectivity index (χ3v) is 6.80. The Morgan fingerprint density at radius 1 is 1.35 bits per heavy atom. The summed E-state index contributed by atoms with van der Waals surface area (Å²) in [5.74, 6) is 0. The lowest BCUT2D eigenvalue weighted by Crippen LogP contribution is -2.34. The van der Waals surface area contributed by atoms with E-state index in [4.69, 9.17) is 11.6 Å². The number of sulfonamides is 1. The Balaban J connectivity index is 2.30. The van der Waals surface area contributed by atoms with Crippen LogP contribution in [0.1, 0.15) is 6.42 Å². The van der Waals surface area contributed by atoms with Crippen molar-refractivity contribution >= 4 is 38.6 Å². The molecule has 1 fully saturated rings. The predicted molar refractivity (Wildman–Crippen MR) is 76.9 cm³/mol. The van der Waals surface area contributed by atoms with Crippen molar-refractivity contribution in [3.63, 3.8) is 0 Å². The smallest absolute Gasteiger partial charge is 0.300 e. The molecule has 7 nitrogen and oxygen atoms in total. The second-order valence-corrected chi connectivity index (χ2v) is 8.36. The Hall–Kier alpha value is -0.740. The molecular formula is C10H14ClN3O4S2. The fourth-order valence-corrected chi connectivity index (χ4v) is 5.27. The van der Waals surface area contributed by atoms with Crippen LogP contribution >= 0.6 is 22.9 Å². The van der Waals surface area contributed by atoms with E-state index in [2.05, 4.69) is 4.90 Å². The maximum atomic E-state index is 12.5. The van der Waals surface area contributed by atoms with Crippen molar-refractivity contribution in [1.82, 2.24) is 9.21 Å². The summed E-state index contributed by atoms with van der Waals surface area (Å²) in [5, 5.41) is 10.7. The van der Waals surface area contributed by atoms with Crippen molar-refractivity contribution < 1.29 is 13.3 Å². The minimum Gasteiger partial charge on any atom is -0.305 e. The van der Waals surface area contributed by atoms with Gasteiger partial charge in [0, 0.05) is 25.7 Å². The number of thiophene rings is 1. The Labute approximate surface area is 125 Å². The Kier molecular flexibility index (Phi) is 4.65. The van der Waals surface area contributed by atoms with Crippen molar-refractivity contribution in [3.8, 4) is 0 Å². The highest BCUT2D eigenvalue weighted by Gasteiger charge is 2.31. The molecule has 0 N–H and O–H groups in total. The van der Waals surface area contributed by atoms with E-state index in [9.17, 15) is 18.5 Å². The van der Waals surface area contributed by atoms with Gasteiger partial charge in [-0.25, -0.2) is 8.42 Å². The second kappa shape index (κ2) is 5.94. The quantitative estimate of drug-likeness (QED) is 0.617. The molecule has 1 aromatic rings. The number of rotatable bonds is 3. The molecule has 1 aliphatic heterocycles. The fourth-order valence-electron chi connectivity index (χ4n) is 1.98. The van der Waals surface area contributed by atoms with Crippen LogP contribution in [0.2, 0.25) is 4.34 Å². The summed E-state index contributed by atoms with van der Waals surface area (Å²) in [6, 6.07) is 1.04. The number of hydrogen-bond acceptors (Lipinski definition) is 6. The molecule has 1 aromatic heterocycles. The van der Waals surface area contributed by atoms with Crippen LogP contribution in [0.3, 0.4) is 0 Å². The van der Waals surface area contributed by atoms with Crippen LogP contribution in [0, 0.1) is 10.1 Å². The van der Waals surface area contributed by atoms with Crippen LogP contribution in [-0.2, 0) is 10.0 Å². The fraction of sp³-hybridized carbons (Fsp3) is 0.600. The molecule has 0 atom stereocenters. The lowest BCUT2D eigenvalue weighted by Gasteiger charge is -2.18. The number of halogens is 1. The van der Waals surface area contributed by atoms with Gasteiger partial charge in [0.05, 0.1) is 4.92 Å². The Morgan fingerprint density at radius 3 is 2.65 bits per heavy atom.